The maximum atomic E-state index is 11.9. The van der Waals surface area contributed by atoms with Crippen LogP contribution < -0.4 is 37.6 Å². The predicted molar refractivity (Wildman–Crippen MR) is 590 cm³/mol. The van der Waals surface area contributed by atoms with Gasteiger partial charge in [0.25, 0.3) is 0 Å². The summed E-state index contributed by atoms with van der Waals surface area (Å²) in [6, 6.07) is 82.4. The van der Waals surface area contributed by atoms with Crippen LogP contribution in [-0.2, 0) is 94.3 Å². The monoisotopic (exact) mass is 2170 g/mol. The Morgan fingerprint density at radius 3 is 0.899 bits per heavy atom. The van der Waals surface area contributed by atoms with Crippen LogP contribution in [0.1, 0.15) is 140 Å². The summed E-state index contributed by atoms with van der Waals surface area (Å²) in [5.74, 6) is -3.15. The fourth-order valence-electron chi connectivity index (χ4n) is 17.1. The minimum Gasteiger partial charge on any atom is -0.481 e. The molecule has 10 aromatic carbocycles. The van der Waals surface area contributed by atoms with Crippen LogP contribution in [0.4, 0.5) is 28.4 Å². The Kier molecular flexibility index (Phi) is 44.7. The molecule has 10 N–H and O–H groups in total. The number of ether oxygens (including phenoxy) is 2. The van der Waals surface area contributed by atoms with Gasteiger partial charge in [0.2, 0.25) is 11.8 Å². The van der Waals surface area contributed by atoms with E-state index in [9.17, 15) is 44.4 Å². The van der Waals surface area contributed by atoms with Crippen molar-refractivity contribution in [1.29, 1.82) is 15.8 Å². The van der Waals surface area contributed by atoms with Gasteiger partial charge in [-0.2, -0.15) is 22.7 Å². The molecule has 0 bridgehead atoms. The van der Waals surface area contributed by atoms with Gasteiger partial charge in [0.1, 0.15) is 0 Å². The summed E-state index contributed by atoms with van der Waals surface area (Å²) in [5, 5.41) is 55.4. The molecule has 32 heteroatoms. The molecule has 5 heterocycles. The average molecular weight is 2180 g/mol. The molecule has 0 aliphatic rings. The second-order valence-corrected chi connectivity index (χ2v) is 36.3. The van der Waals surface area contributed by atoms with Crippen LogP contribution >= 0.6 is 58.0 Å². The Bertz CT molecular complexity index is 7440. The molecule has 2 amide bonds. The zero-order valence-corrected chi connectivity index (χ0v) is 90.6. The summed E-state index contributed by atoms with van der Waals surface area (Å²) < 4.78 is 20.7. The van der Waals surface area contributed by atoms with Gasteiger partial charge < -0.3 is 94.0 Å². The maximum Gasteiger partial charge on any atom is 0.306 e. The average Bonchev–Trinajstić information content (AvgIpc) is 1.63. The number of anilines is 5. The number of carboxylic acids is 2. The van der Waals surface area contributed by atoms with Crippen molar-refractivity contribution in [3.63, 3.8) is 0 Å². The summed E-state index contributed by atoms with van der Waals surface area (Å²) >= 11 is 30.9. The molecular formula is C116H118Cl5Co2N15O10-2. The zero-order chi connectivity index (χ0) is 107. The molecule has 0 aliphatic heterocycles. The first-order chi connectivity index (χ1) is 69.9. The number of nitrogens with one attached hydrogen (secondary N) is 2. The van der Waals surface area contributed by atoms with Gasteiger partial charge in [0.15, 0.2) is 0 Å². The normalized spacial score (nSPS) is 10.4. The molecule has 0 spiro atoms. The number of benzene rings is 10. The number of hydrogen-bond acceptors (Lipinski definition) is 16. The number of halogens is 5. The third kappa shape index (κ3) is 29.7. The standard InChI is InChI=1S/C24H24ClN3O2.C23H24ClN3O3.C23H22ClN3O2.C22H22ClN3O3.C22H21ClN3.C2H5.2Co/c1-4-30-24(29)12-8-19-7-11-23(20-9-6-18(25)14-21(20)27-3)28(19)22-10-5-17(15-26)13-16(22)2;1-14-12-15(23(25)30)4-9-19(14)27-17(7-11-22(28)29)6-10-20(27)18-8-5-16(24)13-21(18)26(2)3;1-3-29-23(28)11-7-18-6-10-22(19-8-5-17(24)13-20(19)26)27(18)21-9-4-16(14-25)12-15(21)2;1-13-11-14(22(24)29)3-8-19(13)26-16(6-10-21(27)28)5-9-20(26)17-7-4-15(23)12-18(17)25-2;1-5-18-8-11-21(19-9-7-17(23)13-22(19)25(3)4)26(18)20-10-6-16(14-24)12-15(20)2;1-2;;/h5-7,9-11,13-14,27H,4,8,12H2,1-3H3;4-6,8-10,12-13H,7,11H2,1-3H3,(H2,25,30)(H,28,29);4-6,8-10,12-13H,3,7,11,26H2,1-2H3;3-5,7-9,11-12,25H,6,10H2,1-2H3,(H2,24,29)(H,27,28);6-13H,1,5H2,2-4H3;1H2,2H3;;/q;;;;2*-1;;. The fraction of sp³-hybridized carbons (Fsp3) is 0.216. The molecule has 2 radical (unpaired) electrons. The Balaban J connectivity index is 0.000000224. The molecule has 0 saturated carbocycles. The number of aliphatic carboxylic acids is 2. The number of primary amides is 2. The Morgan fingerprint density at radius 1 is 0.365 bits per heavy atom. The van der Waals surface area contributed by atoms with E-state index in [2.05, 4.69) is 79.5 Å². The number of nitrogens with zero attached hydrogens (tertiary/aromatic N) is 10. The molecule has 0 fully saturated rings. The largest absolute Gasteiger partial charge is 0.481 e. The first kappa shape index (κ1) is 119. The summed E-state index contributed by atoms with van der Waals surface area (Å²) in [6.07, 6.45) is 3.09. The van der Waals surface area contributed by atoms with E-state index in [0.29, 0.717) is 110 Å². The van der Waals surface area contributed by atoms with Gasteiger partial charge in [-0.05, 0) is 350 Å². The van der Waals surface area contributed by atoms with E-state index in [1.807, 2.05) is 273 Å². The summed E-state index contributed by atoms with van der Waals surface area (Å²) in [4.78, 5) is 73.3. The van der Waals surface area contributed by atoms with Crippen LogP contribution in [0, 0.1) is 82.5 Å². The summed E-state index contributed by atoms with van der Waals surface area (Å²) in [5.41, 5.74) is 47.8. The van der Waals surface area contributed by atoms with E-state index in [1.54, 1.807) is 63.2 Å². The van der Waals surface area contributed by atoms with Crippen molar-refractivity contribution >= 4 is 122 Å². The third-order valence-electron chi connectivity index (χ3n) is 24.0. The van der Waals surface area contributed by atoms with Gasteiger partial charge in [-0.3, -0.25) is 28.8 Å². The molecule has 0 unspecified atom stereocenters. The van der Waals surface area contributed by atoms with Crippen molar-refractivity contribution in [2.45, 2.75) is 113 Å². The molecule has 5 aromatic heterocycles. The molecule has 148 heavy (non-hydrogen) atoms. The fourth-order valence-corrected chi connectivity index (χ4v) is 18.0. The van der Waals surface area contributed by atoms with E-state index in [0.717, 1.165) is 164 Å². The molecular weight excluding hydrogens is 2060 g/mol. The topological polar surface area (TPSA) is 366 Å². The number of amides is 2. The minimum atomic E-state index is -0.859. The number of aryl methyl sites for hydroxylation is 9. The smallest absolute Gasteiger partial charge is 0.306 e. The minimum absolute atomic E-state index is 0. The first-order valence-corrected chi connectivity index (χ1v) is 48.9. The number of rotatable bonds is 31. The number of carbonyl (C=O) groups is 6. The number of nitriles is 3. The van der Waals surface area contributed by atoms with Crippen molar-refractivity contribution in [3.05, 3.63) is 366 Å². The molecule has 772 valence electrons. The number of hydrogen-bond donors (Lipinski definition) is 7. The Hall–Kier alpha value is -14.6. The Morgan fingerprint density at radius 2 is 0.628 bits per heavy atom. The Labute approximate surface area is 910 Å². The van der Waals surface area contributed by atoms with Crippen LogP contribution in [0.5, 0.6) is 0 Å². The van der Waals surface area contributed by atoms with E-state index in [4.69, 9.17) is 95.0 Å². The number of aromatic nitrogens is 5. The zero-order valence-electron chi connectivity index (χ0n) is 84.7. The van der Waals surface area contributed by atoms with Crippen LogP contribution in [0.15, 0.2) is 243 Å². The van der Waals surface area contributed by atoms with E-state index < -0.39 is 23.8 Å². The van der Waals surface area contributed by atoms with Gasteiger partial charge in [0, 0.05) is 220 Å². The van der Waals surface area contributed by atoms with Gasteiger partial charge >= 0.3 is 23.9 Å². The number of carboxylic acid groups (broad SMARTS) is 2. The molecule has 0 atom stereocenters. The number of esters is 2. The van der Waals surface area contributed by atoms with Gasteiger partial charge in [-0.25, -0.2) is 0 Å². The van der Waals surface area contributed by atoms with Crippen molar-refractivity contribution in [2.24, 2.45) is 11.5 Å². The molecule has 0 aliphatic carbocycles. The van der Waals surface area contributed by atoms with E-state index >= 15 is 0 Å². The SMILES string of the molecule is CCOC(=O)CCc1ccc(-c2ccc(Cl)cc2N)n1-c1ccc(C#N)cc1C.CCOC(=O)CCc1ccc(-c2ccc(Cl)cc2NC)n1-c1ccc(C#N)cc1C.CNc1cc(Cl)ccc1-c1ccc(CCC(=O)O)n1-c1ccc(C(N)=O)cc1C.Cc1cc(C(N)=O)ccc1-n1c(CCC(=O)O)ccc1-c1ccc(Cl)cc1N(C)C.[CH2-]C.[CH2-]Cc1ccc(-c2ccc(Cl)cc2N(C)C)n1-c1ccc(C#N)cc1C.[Co].[Co]. The number of nitrogens with two attached hydrogens (primary N) is 3. The molecule has 15 rings (SSSR count). The van der Waals surface area contributed by atoms with Crippen LogP contribution in [0.2, 0.25) is 25.1 Å². The van der Waals surface area contributed by atoms with Crippen molar-refractivity contribution in [3.8, 4) is 103 Å². The van der Waals surface area contributed by atoms with Crippen molar-refractivity contribution in [2.75, 3.05) is 81.7 Å². The van der Waals surface area contributed by atoms with E-state index in [1.165, 1.54) is 0 Å². The van der Waals surface area contributed by atoms with Crippen LogP contribution in [0.25, 0.3) is 84.7 Å². The second-order valence-electron chi connectivity index (χ2n) is 34.2. The van der Waals surface area contributed by atoms with Gasteiger partial charge in [-0.1, -0.05) is 58.0 Å². The first-order valence-electron chi connectivity index (χ1n) is 47.0. The predicted octanol–water partition coefficient (Wildman–Crippen LogP) is 25.4. The maximum absolute atomic E-state index is 11.9. The third-order valence-corrected chi connectivity index (χ3v) is 25.1. The van der Waals surface area contributed by atoms with Crippen LogP contribution in [0.3, 0.4) is 0 Å². The number of carbonyl (C=O) groups excluding carboxylic acids is 4. The second kappa shape index (κ2) is 55.8. The van der Waals surface area contributed by atoms with Gasteiger partial charge in [0.05, 0.1) is 102 Å². The van der Waals surface area contributed by atoms with Gasteiger partial charge in [-0.15, -0.1) is 6.42 Å². The quantitative estimate of drug-likeness (QED) is 0.0121. The molecule has 0 saturated heterocycles. The molecule has 25 nitrogen and oxygen atoms in total. The van der Waals surface area contributed by atoms with Crippen molar-refractivity contribution in [1.82, 2.24) is 22.8 Å². The number of nitrogen functional groups attached to an aromatic ring is 1. The summed E-state index contributed by atoms with van der Waals surface area (Å²) in [6.45, 7) is 23.2. The van der Waals surface area contributed by atoms with Crippen LogP contribution in [-0.4, -0.2) is 124 Å². The van der Waals surface area contributed by atoms with Crippen molar-refractivity contribution < 1.29 is 82.0 Å². The summed E-state index contributed by atoms with van der Waals surface area (Å²) in [7, 11) is 11.6. The van der Waals surface area contributed by atoms with E-state index in [-0.39, 0.29) is 64.8 Å². The molecule has 15 aromatic rings.